The molecule has 3 heterocycles. The highest BCUT2D eigenvalue weighted by Crippen LogP contribution is 2.34. The fourth-order valence-electron chi connectivity index (χ4n) is 4.35. The quantitative estimate of drug-likeness (QED) is 0.260. The van der Waals surface area contributed by atoms with Gasteiger partial charge in [0.25, 0.3) is 0 Å². The van der Waals surface area contributed by atoms with Crippen LogP contribution in [-0.2, 0) is 15.8 Å². The number of sulfonamides is 1. The maximum atomic E-state index is 15.1. The van der Waals surface area contributed by atoms with Gasteiger partial charge in [-0.3, -0.25) is 4.72 Å². The van der Waals surface area contributed by atoms with Crippen LogP contribution in [0.1, 0.15) is 24.0 Å². The summed E-state index contributed by atoms with van der Waals surface area (Å²) in [6, 6.07) is 15.2. The van der Waals surface area contributed by atoms with Gasteiger partial charge in [0.1, 0.15) is 0 Å². The predicted molar refractivity (Wildman–Crippen MR) is 149 cm³/mol. The number of rotatable bonds is 9. The van der Waals surface area contributed by atoms with Crippen LogP contribution < -0.4 is 20.1 Å². The summed E-state index contributed by atoms with van der Waals surface area (Å²) in [6.07, 6.45) is 5.03. The lowest BCUT2D eigenvalue weighted by Gasteiger charge is -2.23. The fourth-order valence-corrected chi connectivity index (χ4v) is 5.53. The molecular weight excluding hydrogens is 552 g/mol. The van der Waals surface area contributed by atoms with Crippen LogP contribution in [0.5, 0.6) is 11.6 Å². The number of ether oxygens (including phenoxy) is 1. The van der Waals surface area contributed by atoms with Crippen molar-refractivity contribution >= 4 is 21.7 Å². The Labute approximate surface area is 235 Å². The topological polar surface area (TPSA) is 142 Å². The van der Waals surface area contributed by atoms with Gasteiger partial charge in [0, 0.05) is 25.0 Å². The molecule has 10 nitrogen and oxygen atoms in total. The lowest BCUT2D eigenvalue weighted by atomic mass is 10.1. The molecule has 4 aromatic rings. The van der Waals surface area contributed by atoms with E-state index >= 15 is 4.39 Å². The zero-order valence-electron chi connectivity index (χ0n) is 21.6. The Morgan fingerprint density at radius 3 is 2.76 bits per heavy atom. The van der Waals surface area contributed by atoms with E-state index in [1.165, 1.54) is 30.5 Å². The predicted octanol–water partition coefficient (Wildman–Crippen LogP) is 4.59. The Bertz CT molecular complexity index is 1710. The maximum absolute atomic E-state index is 15.1. The summed E-state index contributed by atoms with van der Waals surface area (Å²) in [5.74, 6) is -3.48. The molecule has 0 aliphatic carbocycles. The minimum atomic E-state index is -4.12. The summed E-state index contributed by atoms with van der Waals surface area (Å²) in [4.78, 5) is 13.0. The highest BCUT2D eigenvalue weighted by Gasteiger charge is 2.22. The third-order valence-corrected chi connectivity index (χ3v) is 7.51. The lowest BCUT2D eigenvalue weighted by Crippen LogP contribution is -2.38. The Kier molecular flexibility index (Phi) is 8.32. The number of anilines is 2. The fraction of sp³-hybridized carbons (Fsp3) is 0.214. The van der Waals surface area contributed by atoms with Crippen molar-refractivity contribution < 1.29 is 21.9 Å². The number of nitrogens with one attached hydrogen (secondary N) is 3. The first-order valence-corrected chi connectivity index (χ1v) is 14.4. The van der Waals surface area contributed by atoms with Crippen molar-refractivity contribution in [2.75, 3.05) is 23.1 Å². The molecular formula is C28H25F2N7O3S. The summed E-state index contributed by atoms with van der Waals surface area (Å²) >= 11 is 0. The normalized spacial score (nSPS) is 15.1. The highest BCUT2D eigenvalue weighted by molar-refractivity contribution is 7.91. The zero-order chi connectivity index (χ0) is 28.8. The second-order valence-corrected chi connectivity index (χ2v) is 11.0. The molecule has 0 spiro atoms. The van der Waals surface area contributed by atoms with Gasteiger partial charge in [0.15, 0.2) is 11.6 Å². The van der Waals surface area contributed by atoms with Crippen molar-refractivity contribution in [3.05, 3.63) is 89.8 Å². The Hall–Kier alpha value is -4.67. The molecule has 5 rings (SSSR count). The summed E-state index contributed by atoms with van der Waals surface area (Å²) in [6.45, 7) is 1.76. The van der Waals surface area contributed by atoms with E-state index in [0.717, 1.165) is 38.1 Å². The number of hydrogen-bond acceptors (Lipinski definition) is 9. The van der Waals surface area contributed by atoms with E-state index in [-0.39, 0.29) is 17.5 Å². The molecule has 1 aliphatic heterocycles. The molecule has 13 heteroatoms. The van der Waals surface area contributed by atoms with Gasteiger partial charge in [-0.2, -0.15) is 9.65 Å². The van der Waals surface area contributed by atoms with Crippen LogP contribution in [0.25, 0.3) is 11.3 Å². The molecule has 1 saturated heterocycles. The molecule has 1 atom stereocenters. The first kappa shape index (κ1) is 27.9. The number of pyridine rings is 1. The zero-order valence-corrected chi connectivity index (χ0v) is 22.5. The van der Waals surface area contributed by atoms with Crippen LogP contribution in [0.2, 0.25) is 0 Å². The van der Waals surface area contributed by atoms with Crippen molar-refractivity contribution in [1.82, 2.24) is 20.3 Å². The summed E-state index contributed by atoms with van der Waals surface area (Å²) in [5.41, 5.74) is 0.889. The van der Waals surface area contributed by atoms with Crippen LogP contribution in [0, 0.1) is 23.0 Å². The summed E-state index contributed by atoms with van der Waals surface area (Å²) < 4.78 is 63.0. The summed E-state index contributed by atoms with van der Waals surface area (Å²) in [7, 11) is -4.12. The van der Waals surface area contributed by atoms with Crippen LogP contribution in [0.4, 0.5) is 20.4 Å². The molecule has 0 amide bonds. The van der Waals surface area contributed by atoms with E-state index in [4.69, 9.17) is 10.00 Å². The molecule has 1 aliphatic rings. The van der Waals surface area contributed by atoms with Crippen molar-refractivity contribution in [3.8, 4) is 29.0 Å². The molecule has 210 valence electrons. The Morgan fingerprint density at radius 1 is 1.07 bits per heavy atom. The first-order chi connectivity index (χ1) is 19.8. The van der Waals surface area contributed by atoms with E-state index in [2.05, 4.69) is 30.3 Å². The van der Waals surface area contributed by atoms with Crippen LogP contribution in [-0.4, -0.2) is 42.5 Å². The Morgan fingerprint density at radius 2 is 1.95 bits per heavy atom. The van der Waals surface area contributed by atoms with Crippen molar-refractivity contribution in [1.29, 1.82) is 5.26 Å². The number of nitriles is 1. The molecule has 3 N–H and O–H groups in total. The second-order valence-electron chi connectivity index (χ2n) is 9.32. The largest absolute Gasteiger partial charge is 0.435 e. The first-order valence-electron chi connectivity index (χ1n) is 12.7. The SMILES string of the molecule is N#Cc1cccc(CS(=O)(=O)Nc2ccc(Oc3ncccc3-c3ccnc(N[C@H]4CCCNC4)n3)c(F)c2F)c1. The number of hydrogen-bond donors (Lipinski definition) is 3. The maximum Gasteiger partial charge on any atom is 0.237 e. The number of benzene rings is 2. The molecule has 2 aromatic carbocycles. The van der Waals surface area contributed by atoms with Gasteiger partial charge in [-0.25, -0.2) is 27.8 Å². The van der Waals surface area contributed by atoms with Crippen LogP contribution >= 0.6 is 0 Å². The van der Waals surface area contributed by atoms with Crippen LogP contribution in [0.3, 0.4) is 0 Å². The molecule has 1 fully saturated rings. The highest BCUT2D eigenvalue weighted by atomic mass is 32.2. The summed E-state index contributed by atoms with van der Waals surface area (Å²) in [5, 5.41) is 15.6. The van der Waals surface area contributed by atoms with Gasteiger partial charge in [0.2, 0.25) is 27.7 Å². The average Bonchev–Trinajstić information content (AvgIpc) is 2.98. The van der Waals surface area contributed by atoms with E-state index < -0.39 is 38.8 Å². The average molecular weight is 578 g/mol. The minimum absolute atomic E-state index is 0.0273. The molecule has 0 saturated carbocycles. The number of halogens is 2. The van der Waals surface area contributed by atoms with Crippen molar-refractivity contribution in [2.24, 2.45) is 0 Å². The van der Waals surface area contributed by atoms with E-state index in [1.54, 1.807) is 24.4 Å². The smallest absolute Gasteiger partial charge is 0.237 e. The van der Waals surface area contributed by atoms with E-state index in [0.29, 0.717) is 22.8 Å². The van der Waals surface area contributed by atoms with Gasteiger partial charge in [-0.1, -0.05) is 12.1 Å². The van der Waals surface area contributed by atoms with Gasteiger partial charge in [0.05, 0.1) is 34.3 Å². The van der Waals surface area contributed by atoms with Gasteiger partial charge in [-0.05, 0) is 67.4 Å². The Balaban J connectivity index is 1.34. The number of aromatic nitrogens is 3. The van der Waals surface area contributed by atoms with Gasteiger partial charge in [-0.15, -0.1) is 0 Å². The monoisotopic (exact) mass is 577 g/mol. The number of piperidine rings is 1. The standard InChI is InChI=1S/C28H25F2N7O3S/c29-25-23(37-41(38,39)17-19-5-1-4-18(14-19)15-31)8-9-24(26(25)30)40-27-21(7-3-12-33-27)22-10-13-34-28(36-22)35-20-6-2-11-32-16-20/h1,3-5,7-10,12-14,20,32,37H,2,6,11,16-17H2,(H,34,35,36)/t20-/m0/s1. The van der Waals surface area contributed by atoms with Crippen LogP contribution in [0.15, 0.2) is 67.0 Å². The molecule has 2 aromatic heterocycles. The minimum Gasteiger partial charge on any atom is -0.435 e. The third kappa shape index (κ3) is 6.92. The lowest BCUT2D eigenvalue weighted by molar-refractivity contribution is 0.407. The number of nitrogens with zero attached hydrogens (tertiary/aromatic N) is 4. The molecule has 41 heavy (non-hydrogen) atoms. The van der Waals surface area contributed by atoms with Crippen molar-refractivity contribution in [2.45, 2.75) is 24.6 Å². The second kappa shape index (κ2) is 12.2. The molecule has 0 bridgehead atoms. The van der Waals surface area contributed by atoms with Gasteiger partial charge < -0.3 is 15.4 Å². The molecule has 0 unspecified atom stereocenters. The third-order valence-electron chi connectivity index (χ3n) is 6.26. The van der Waals surface area contributed by atoms with Crippen molar-refractivity contribution in [3.63, 3.8) is 0 Å². The molecule has 0 radical (unpaired) electrons. The van der Waals surface area contributed by atoms with Gasteiger partial charge >= 0.3 is 0 Å². The van der Waals surface area contributed by atoms with E-state index in [9.17, 15) is 12.8 Å². The van der Waals surface area contributed by atoms with E-state index in [1.807, 2.05) is 6.07 Å².